The Kier molecular flexibility index (Phi) is 3.15. The van der Waals surface area contributed by atoms with Gasteiger partial charge in [-0.15, -0.1) is 0 Å². The van der Waals surface area contributed by atoms with Crippen molar-refractivity contribution in [3.8, 4) is 0 Å². The third kappa shape index (κ3) is 2.09. The quantitative estimate of drug-likeness (QED) is 0.771. The fourth-order valence-electron chi connectivity index (χ4n) is 3.33. The summed E-state index contributed by atoms with van der Waals surface area (Å²) < 4.78 is 0. The molecule has 3 atom stereocenters. The Hall–Kier alpha value is -1.26. The number of likely N-dealkylation sites (tertiary alicyclic amines) is 1. The highest BCUT2D eigenvalue weighted by molar-refractivity contribution is 6.34. The first-order valence-corrected chi connectivity index (χ1v) is 6.97. The minimum absolute atomic E-state index is 0.121. The molecule has 0 radical (unpaired) electrons. The Morgan fingerprint density at radius 2 is 2.16 bits per heavy atom. The lowest BCUT2D eigenvalue weighted by atomic mass is 10.00. The predicted octanol–water partition coefficient (Wildman–Crippen LogP) is 1.77. The van der Waals surface area contributed by atoms with Crippen LogP contribution in [0.1, 0.15) is 23.2 Å². The molecule has 3 rings (SSSR count). The van der Waals surface area contributed by atoms with Crippen LogP contribution in [0.3, 0.4) is 0 Å². The van der Waals surface area contributed by atoms with Crippen LogP contribution in [0.5, 0.6) is 0 Å². The Morgan fingerprint density at radius 3 is 2.84 bits per heavy atom. The first-order chi connectivity index (χ1) is 9.08. The molecule has 102 valence electrons. The van der Waals surface area contributed by atoms with E-state index in [0.29, 0.717) is 35.3 Å². The maximum Gasteiger partial charge on any atom is 0.257 e. The van der Waals surface area contributed by atoms with Crippen molar-refractivity contribution in [2.45, 2.75) is 18.9 Å². The number of hydrogen-bond acceptors (Lipinski definition) is 3. The van der Waals surface area contributed by atoms with E-state index in [-0.39, 0.29) is 17.9 Å². The molecule has 1 amide bonds. The van der Waals surface area contributed by atoms with Crippen molar-refractivity contribution in [1.82, 2.24) is 4.90 Å². The number of nitrogen functional groups attached to an aromatic ring is 1. The number of fused-ring (bicyclic) bond motifs is 1. The predicted molar refractivity (Wildman–Crippen MR) is 74.0 cm³/mol. The average molecular weight is 281 g/mol. The van der Waals surface area contributed by atoms with Crippen LogP contribution < -0.4 is 5.73 Å². The smallest absolute Gasteiger partial charge is 0.257 e. The standard InChI is InChI=1S/C14H17ClN2O2/c15-10-2-1-3-11(16)13(10)14(19)17-6-8-4-5-12(18)9(8)7-17/h1-3,8-9,12,18H,4-7,16H2. The molecule has 2 aliphatic rings. The molecule has 3 unspecified atom stereocenters. The second-order valence-corrected chi connectivity index (χ2v) is 5.89. The SMILES string of the molecule is Nc1cccc(Cl)c1C(=O)N1CC2CCC(O)C2C1. The van der Waals surface area contributed by atoms with E-state index in [1.807, 2.05) is 0 Å². The molecule has 1 aliphatic heterocycles. The van der Waals surface area contributed by atoms with Gasteiger partial charge in [-0.1, -0.05) is 17.7 Å². The number of benzene rings is 1. The van der Waals surface area contributed by atoms with Crippen molar-refractivity contribution in [2.24, 2.45) is 11.8 Å². The molecule has 4 nitrogen and oxygen atoms in total. The van der Waals surface area contributed by atoms with Gasteiger partial charge in [0.1, 0.15) is 0 Å². The first-order valence-electron chi connectivity index (χ1n) is 6.59. The van der Waals surface area contributed by atoms with Crippen molar-refractivity contribution >= 4 is 23.2 Å². The van der Waals surface area contributed by atoms with Crippen LogP contribution in [0, 0.1) is 11.8 Å². The highest BCUT2D eigenvalue weighted by atomic mass is 35.5. The average Bonchev–Trinajstić information content (AvgIpc) is 2.92. The lowest BCUT2D eigenvalue weighted by Gasteiger charge is -2.20. The summed E-state index contributed by atoms with van der Waals surface area (Å²) in [5.74, 6) is 0.514. The molecule has 1 saturated heterocycles. The molecule has 2 fully saturated rings. The molecule has 0 aromatic heterocycles. The van der Waals surface area contributed by atoms with E-state index in [1.54, 1.807) is 23.1 Å². The zero-order chi connectivity index (χ0) is 13.6. The Labute approximate surface area is 117 Å². The molecule has 19 heavy (non-hydrogen) atoms. The van der Waals surface area contributed by atoms with Gasteiger partial charge in [0.2, 0.25) is 0 Å². The van der Waals surface area contributed by atoms with Crippen LogP contribution >= 0.6 is 11.6 Å². The lowest BCUT2D eigenvalue weighted by molar-refractivity contribution is 0.0753. The number of carbonyl (C=O) groups is 1. The van der Waals surface area contributed by atoms with Crippen LogP contribution in [-0.2, 0) is 0 Å². The molecule has 5 heteroatoms. The van der Waals surface area contributed by atoms with Crippen molar-refractivity contribution < 1.29 is 9.90 Å². The number of nitrogens with two attached hydrogens (primary N) is 1. The van der Waals surface area contributed by atoms with Gasteiger partial charge in [-0.25, -0.2) is 0 Å². The van der Waals surface area contributed by atoms with E-state index < -0.39 is 0 Å². The normalized spacial score (nSPS) is 29.6. The topological polar surface area (TPSA) is 66.6 Å². The fraction of sp³-hybridized carbons (Fsp3) is 0.500. The van der Waals surface area contributed by atoms with Gasteiger partial charge in [-0.3, -0.25) is 4.79 Å². The second kappa shape index (κ2) is 4.69. The Balaban J connectivity index is 1.83. The number of anilines is 1. The number of carbonyl (C=O) groups excluding carboxylic acids is 1. The van der Waals surface area contributed by atoms with Crippen LogP contribution in [0.2, 0.25) is 5.02 Å². The van der Waals surface area contributed by atoms with Crippen LogP contribution in [-0.4, -0.2) is 35.1 Å². The monoisotopic (exact) mass is 280 g/mol. The Bertz CT molecular complexity index is 500. The van der Waals surface area contributed by atoms with Gasteiger partial charge >= 0.3 is 0 Å². The number of aliphatic hydroxyl groups excluding tert-OH is 1. The van der Waals surface area contributed by atoms with Crippen LogP contribution in [0.15, 0.2) is 18.2 Å². The van der Waals surface area contributed by atoms with E-state index in [9.17, 15) is 9.90 Å². The largest absolute Gasteiger partial charge is 0.398 e. The summed E-state index contributed by atoms with van der Waals surface area (Å²) in [5, 5.41) is 10.3. The van der Waals surface area contributed by atoms with Gasteiger partial charge < -0.3 is 15.7 Å². The zero-order valence-corrected chi connectivity index (χ0v) is 11.3. The first kappa shape index (κ1) is 12.8. The summed E-state index contributed by atoms with van der Waals surface area (Å²) in [6.45, 7) is 1.31. The van der Waals surface area contributed by atoms with Gasteiger partial charge in [0.15, 0.2) is 0 Å². The highest BCUT2D eigenvalue weighted by Crippen LogP contribution is 2.39. The summed E-state index contributed by atoms with van der Waals surface area (Å²) in [5.41, 5.74) is 6.65. The lowest BCUT2D eigenvalue weighted by Crippen LogP contribution is -2.31. The van der Waals surface area contributed by atoms with Crippen LogP contribution in [0.4, 0.5) is 5.69 Å². The molecule has 1 aromatic rings. The number of nitrogens with zero attached hydrogens (tertiary/aromatic N) is 1. The van der Waals surface area contributed by atoms with E-state index in [4.69, 9.17) is 17.3 Å². The van der Waals surface area contributed by atoms with Gasteiger partial charge in [0.25, 0.3) is 5.91 Å². The minimum Gasteiger partial charge on any atom is -0.398 e. The molecule has 1 saturated carbocycles. The van der Waals surface area contributed by atoms with Gasteiger partial charge in [-0.2, -0.15) is 0 Å². The molecular weight excluding hydrogens is 264 g/mol. The fourth-order valence-corrected chi connectivity index (χ4v) is 3.59. The summed E-state index contributed by atoms with van der Waals surface area (Å²) in [6, 6.07) is 5.10. The minimum atomic E-state index is -0.272. The highest BCUT2D eigenvalue weighted by Gasteiger charge is 2.43. The summed E-state index contributed by atoms with van der Waals surface area (Å²) in [4.78, 5) is 14.3. The van der Waals surface area contributed by atoms with Crippen molar-refractivity contribution in [3.05, 3.63) is 28.8 Å². The molecule has 1 aromatic carbocycles. The van der Waals surface area contributed by atoms with Crippen LogP contribution in [0.25, 0.3) is 0 Å². The number of aliphatic hydroxyl groups is 1. The second-order valence-electron chi connectivity index (χ2n) is 5.48. The number of hydrogen-bond donors (Lipinski definition) is 2. The van der Waals surface area contributed by atoms with Gasteiger partial charge in [0, 0.05) is 24.7 Å². The summed E-state index contributed by atoms with van der Waals surface area (Å²) >= 11 is 6.08. The van der Waals surface area contributed by atoms with E-state index in [2.05, 4.69) is 0 Å². The van der Waals surface area contributed by atoms with Crippen molar-refractivity contribution in [1.29, 1.82) is 0 Å². The third-order valence-corrected chi connectivity index (χ3v) is 4.68. The molecular formula is C14H17ClN2O2. The molecule has 3 N–H and O–H groups in total. The number of rotatable bonds is 1. The third-order valence-electron chi connectivity index (χ3n) is 4.37. The number of halogens is 1. The van der Waals surface area contributed by atoms with E-state index >= 15 is 0 Å². The van der Waals surface area contributed by atoms with Crippen molar-refractivity contribution in [3.63, 3.8) is 0 Å². The number of amides is 1. The van der Waals surface area contributed by atoms with E-state index in [1.165, 1.54) is 0 Å². The van der Waals surface area contributed by atoms with Gasteiger partial charge in [0.05, 0.1) is 16.7 Å². The summed E-state index contributed by atoms with van der Waals surface area (Å²) in [6.07, 6.45) is 1.57. The molecule has 0 bridgehead atoms. The Morgan fingerprint density at radius 1 is 1.37 bits per heavy atom. The summed E-state index contributed by atoms with van der Waals surface area (Å²) in [7, 11) is 0. The molecule has 0 spiro atoms. The molecule has 1 heterocycles. The molecule has 1 aliphatic carbocycles. The van der Waals surface area contributed by atoms with E-state index in [0.717, 1.165) is 12.8 Å². The maximum absolute atomic E-state index is 12.5. The maximum atomic E-state index is 12.5. The van der Waals surface area contributed by atoms with Gasteiger partial charge in [-0.05, 0) is 30.9 Å². The zero-order valence-electron chi connectivity index (χ0n) is 10.6. The van der Waals surface area contributed by atoms with Crippen molar-refractivity contribution in [2.75, 3.05) is 18.8 Å².